The Labute approximate surface area is 205 Å². The molecule has 2 aliphatic rings. The quantitative estimate of drug-likeness (QED) is 0.331. The van der Waals surface area contributed by atoms with Crippen molar-refractivity contribution in [1.82, 2.24) is 9.55 Å². The van der Waals surface area contributed by atoms with Crippen LogP contribution in [0.15, 0.2) is 54.7 Å². The van der Waals surface area contributed by atoms with Crippen LogP contribution < -0.4 is 14.4 Å². The lowest BCUT2D eigenvalue weighted by Gasteiger charge is -2.34. The highest BCUT2D eigenvalue weighted by atomic mass is 19.4. The minimum Gasteiger partial charge on any atom is -0.490 e. The summed E-state index contributed by atoms with van der Waals surface area (Å²) < 4.78 is 51.6. The number of hydrogen-bond donors (Lipinski definition) is 0. The summed E-state index contributed by atoms with van der Waals surface area (Å²) in [5.74, 6) is 0.859. The molecule has 11 heteroatoms. The highest BCUT2D eigenvalue weighted by molar-refractivity contribution is 5.48. The number of ether oxygens (including phenoxy) is 2. The zero-order valence-corrected chi connectivity index (χ0v) is 19.4. The first-order valence-corrected chi connectivity index (χ1v) is 11.8. The molecule has 0 radical (unpaired) electrons. The number of fused-ring (bicyclic) bond motifs is 1. The predicted octanol–water partition coefficient (Wildman–Crippen LogP) is 5.42. The van der Waals surface area contributed by atoms with E-state index in [1.807, 2.05) is 24.3 Å². The molecule has 8 nitrogen and oxygen atoms in total. The number of imidazole rings is 1. The molecule has 5 rings (SSSR count). The Hall–Kier alpha value is -3.76. The maximum Gasteiger partial charge on any atom is 0.416 e. The van der Waals surface area contributed by atoms with Gasteiger partial charge in [-0.15, -0.1) is 0 Å². The van der Waals surface area contributed by atoms with E-state index in [1.165, 1.54) is 11.8 Å². The molecule has 1 unspecified atom stereocenters. The number of benzene rings is 2. The second kappa shape index (κ2) is 9.71. The molecule has 2 aliphatic heterocycles. The smallest absolute Gasteiger partial charge is 0.416 e. The molecule has 0 amide bonds. The topological polar surface area (TPSA) is 82.7 Å². The summed E-state index contributed by atoms with van der Waals surface area (Å²) >= 11 is 0. The van der Waals surface area contributed by atoms with E-state index in [9.17, 15) is 23.3 Å². The van der Waals surface area contributed by atoms with Crippen LogP contribution in [0.1, 0.15) is 36.3 Å². The first-order chi connectivity index (χ1) is 17.3. The molecule has 1 aromatic heterocycles. The molecule has 0 N–H and O–H groups in total. The van der Waals surface area contributed by atoms with Crippen LogP contribution >= 0.6 is 0 Å². The lowest BCUT2D eigenvalue weighted by molar-refractivity contribution is -0.389. The highest BCUT2D eigenvalue weighted by Crippen LogP contribution is 2.34. The van der Waals surface area contributed by atoms with Crippen LogP contribution in [0.5, 0.6) is 11.8 Å². The Kier molecular flexibility index (Phi) is 6.46. The lowest BCUT2D eigenvalue weighted by Crippen LogP contribution is -2.32. The standard InChI is InChI=1S/C25H25F3N4O4/c26-25(27,28)19-3-5-20(6-4-19)30-12-9-18(10-13-30)17-1-7-21(8-2-17)35-16-22-11-14-31-15-23(32(33)34)29-24(31)36-22/h1-8,15,18,22H,9-14,16H2. The summed E-state index contributed by atoms with van der Waals surface area (Å²) in [7, 11) is 0. The van der Waals surface area contributed by atoms with E-state index in [2.05, 4.69) is 9.88 Å². The van der Waals surface area contributed by atoms with Crippen molar-refractivity contribution in [2.75, 3.05) is 24.6 Å². The number of alkyl halides is 3. The summed E-state index contributed by atoms with van der Waals surface area (Å²) in [6, 6.07) is 13.5. The van der Waals surface area contributed by atoms with Gasteiger partial charge in [-0.2, -0.15) is 13.2 Å². The van der Waals surface area contributed by atoms with Crippen LogP contribution in [0.2, 0.25) is 0 Å². The van der Waals surface area contributed by atoms with Crippen molar-refractivity contribution in [2.45, 2.75) is 44.0 Å². The monoisotopic (exact) mass is 502 g/mol. The highest BCUT2D eigenvalue weighted by Gasteiger charge is 2.31. The molecule has 1 fully saturated rings. The van der Waals surface area contributed by atoms with Gasteiger partial charge in [0, 0.05) is 36.7 Å². The summed E-state index contributed by atoms with van der Waals surface area (Å²) in [4.78, 5) is 16.4. The van der Waals surface area contributed by atoms with Crippen LogP contribution in [-0.4, -0.2) is 40.3 Å². The van der Waals surface area contributed by atoms with E-state index >= 15 is 0 Å². The molecule has 0 bridgehead atoms. The van der Waals surface area contributed by atoms with Crippen LogP contribution in [-0.2, 0) is 12.7 Å². The zero-order valence-electron chi connectivity index (χ0n) is 19.4. The first-order valence-electron chi connectivity index (χ1n) is 11.8. The fraction of sp³-hybridized carbons (Fsp3) is 0.400. The maximum absolute atomic E-state index is 12.8. The van der Waals surface area contributed by atoms with Crippen molar-refractivity contribution in [3.63, 3.8) is 0 Å². The van der Waals surface area contributed by atoms with E-state index in [4.69, 9.17) is 9.47 Å². The number of aromatic nitrogens is 2. The molecule has 1 atom stereocenters. The van der Waals surface area contributed by atoms with Gasteiger partial charge in [0.1, 0.15) is 24.7 Å². The third-order valence-electron chi connectivity index (χ3n) is 6.72. The second-order valence-electron chi connectivity index (χ2n) is 9.05. The Morgan fingerprint density at radius 3 is 2.36 bits per heavy atom. The molecule has 0 spiro atoms. The van der Waals surface area contributed by atoms with Gasteiger partial charge < -0.3 is 24.5 Å². The van der Waals surface area contributed by atoms with Crippen molar-refractivity contribution in [3.05, 3.63) is 76.0 Å². The normalized spacial score (nSPS) is 18.4. The largest absolute Gasteiger partial charge is 0.490 e. The molecule has 3 heterocycles. The fourth-order valence-electron chi connectivity index (χ4n) is 4.69. The van der Waals surface area contributed by atoms with Gasteiger partial charge in [0.25, 0.3) is 0 Å². The summed E-state index contributed by atoms with van der Waals surface area (Å²) in [6.45, 7) is 2.45. The first kappa shape index (κ1) is 24.0. The van der Waals surface area contributed by atoms with Gasteiger partial charge >= 0.3 is 18.0 Å². The third-order valence-corrected chi connectivity index (χ3v) is 6.72. The lowest BCUT2D eigenvalue weighted by atomic mass is 9.89. The number of nitrogens with zero attached hydrogens (tertiary/aromatic N) is 4. The summed E-state index contributed by atoms with van der Waals surface area (Å²) in [5.41, 5.74) is 1.39. The maximum atomic E-state index is 12.8. The Morgan fingerprint density at radius 1 is 1.03 bits per heavy atom. The van der Waals surface area contributed by atoms with E-state index in [-0.39, 0.29) is 17.9 Å². The Bertz CT molecular complexity index is 1200. The number of rotatable bonds is 6. The number of piperidine rings is 1. The van der Waals surface area contributed by atoms with Crippen molar-refractivity contribution >= 4 is 11.5 Å². The van der Waals surface area contributed by atoms with Crippen LogP contribution in [0, 0.1) is 10.1 Å². The van der Waals surface area contributed by atoms with Crippen molar-refractivity contribution in [1.29, 1.82) is 0 Å². The minimum atomic E-state index is -4.32. The molecular weight excluding hydrogens is 477 g/mol. The number of halogens is 3. The Morgan fingerprint density at radius 2 is 1.72 bits per heavy atom. The third kappa shape index (κ3) is 5.24. The fourth-order valence-corrected chi connectivity index (χ4v) is 4.69. The number of aryl methyl sites for hydroxylation is 1. The van der Waals surface area contributed by atoms with Gasteiger partial charge in [-0.3, -0.25) is 4.57 Å². The van der Waals surface area contributed by atoms with Crippen LogP contribution in [0.3, 0.4) is 0 Å². The zero-order chi connectivity index (χ0) is 25.3. The van der Waals surface area contributed by atoms with Crippen molar-refractivity contribution in [3.8, 4) is 11.8 Å². The molecule has 1 saturated heterocycles. The molecule has 36 heavy (non-hydrogen) atoms. The molecule has 0 saturated carbocycles. The predicted molar refractivity (Wildman–Crippen MR) is 125 cm³/mol. The van der Waals surface area contributed by atoms with E-state index < -0.39 is 16.7 Å². The SMILES string of the molecule is O=[N+]([O-])c1cn2c(n1)OC(COc1ccc(C3CCN(c4ccc(C(F)(F)F)cc4)CC3)cc1)CC2. The molecular formula is C25H25F3N4O4. The molecule has 0 aliphatic carbocycles. The molecule has 190 valence electrons. The van der Waals surface area contributed by atoms with Crippen molar-refractivity contribution < 1.29 is 27.6 Å². The molecule has 3 aromatic rings. The molecule has 2 aromatic carbocycles. The van der Waals surface area contributed by atoms with Gasteiger partial charge in [-0.1, -0.05) is 12.1 Å². The minimum absolute atomic E-state index is 0.229. The van der Waals surface area contributed by atoms with Crippen molar-refractivity contribution in [2.24, 2.45) is 0 Å². The summed E-state index contributed by atoms with van der Waals surface area (Å²) in [6.07, 6.45) is -0.702. The van der Waals surface area contributed by atoms with Gasteiger partial charge in [0.15, 0.2) is 0 Å². The van der Waals surface area contributed by atoms with E-state index in [0.29, 0.717) is 31.2 Å². The van der Waals surface area contributed by atoms with Crippen LogP contribution in [0.25, 0.3) is 0 Å². The van der Waals surface area contributed by atoms with Crippen LogP contribution in [0.4, 0.5) is 24.7 Å². The Balaban J connectivity index is 1.10. The van der Waals surface area contributed by atoms with Gasteiger partial charge in [-0.05, 0) is 65.6 Å². The average molecular weight is 502 g/mol. The number of anilines is 1. The average Bonchev–Trinajstić information content (AvgIpc) is 3.32. The number of hydrogen-bond acceptors (Lipinski definition) is 6. The van der Waals surface area contributed by atoms with Gasteiger partial charge in [-0.25, -0.2) is 0 Å². The van der Waals surface area contributed by atoms with E-state index in [0.717, 1.165) is 43.8 Å². The number of nitro groups is 1. The second-order valence-corrected chi connectivity index (χ2v) is 9.05. The van der Waals surface area contributed by atoms with Gasteiger partial charge in [0.2, 0.25) is 0 Å². The summed E-state index contributed by atoms with van der Waals surface area (Å²) in [5, 5.41) is 10.9. The van der Waals surface area contributed by atoms with Gasteiger partial charge in [0.05, 0.1) is 5.56 Å². The van der Waals surface area contributed by atoms with E-state index in [1.54, 1.807) is 16.7 Å².